The lowest BCUT2D eigenvalue weighted by Crippen LogP contribution is -2.13. The second-order valence-electron chi connectivity index (χ2n) is 5.27. The first-order chi connectivity index (χ1) is 11.4. The van der Waals surface area contributed by atoms with Gasteiger partial charge in [-0.25, -0.2) is 12.8 Å². The summed E-state index contributed by atoms with van der Waals surface area (Å²) in [5.74, 6) is 1.80. The van der Waals surface area contributed by atoms with Crippen LogP contribution in [0, 0.1) is 29.5 Å². The third-order valence-corrected chi connectivity index (χ3v) is 5.47. The summed E-state index contributed by atoms with van der Waals surface area (Å²) in [7, 11) is -3.47. The molecule has 0 spiro atoms. The van der Waals surface area contributed by atoms with E-state index in [4.69, 9.17) is 22.2 Å². The Morgan fingerprint density at radius 3 is 2.75 bits per heavy atom. The van der Waals surface area contributed by atoms with Crippen LogP contribution in [-0.2, 0) is 9.84 Å². The van der Waals surface area contributed by atoms with Crippen molar-refractivity contribution in [2.75, 3.05) is 5.75 Å². The van der Waals surface area contributed by atoms with Gasteiger partial charge in [-0.2, -0.15) is 5.26 Å². The molecule has 0 amide bonds. The van der Waals surface area contributed by atoms with Crippen molar-refractivity contribution in [1.29, 1.82) is 5.26 Å². The molecule has 2 aromatic carbocycles. The van der Waals surface area contributed by atoms with E-state index in [-0.39, 0.29) is 33.3 Å². The lowest BCUT2D eigenvalue weighted by molar-refractivity contribution is 0.473. The van der Waals surface area contributed by atoms with Crippen LogP contribution in [0.3, 0.4) is 0 Å². The number of rotatable bonds is 2. The highest BCUT2D eigenvalue weighted by Crippen LogP contribution is 2.39. The largest absolute Gasteiger partial charge is 0.456 e. The summed E-state index contributed by atoms with van der Waals surface area (Å²) in [5, 5.41) is 8.88. The number of terminal acetylenes is 1. The molecule has 1 heterocycles. The molecule has 0 radical (unpaired) electrons. The summed E-state index contributed by atoms with van der Waals surface area (Å²) in [6.45, 7) is 0. The minimum Gasteiger partial charge on any atom is -0.456 e. The number of ether oxygens (including phenoxy) is 1. The number of nitriles is 1. The Hall–Kier alpha value is -2.87. The molecule has 0 saturated carbocycles. The minimum atomic E-state index is -3.47. The number of hydrogen-bond acceptors (Lipinski definition) is 5. The Morgan fingerprint density at radius 1 is 1.33 bits per heavy atom. The predicted octanol–water partition coefficient (Wildman–Crippen LogP) is 2.26. The lowest BCUT2D eigenvalue weighted by atomic mass is 10.0. The molecule has 0 fully saturated rings. The van der Waals surface area contributed by atoms with Crippen LogP contribution in [0.4, 0.5) is 4.39 Å². The van der Waals surface area contributed by atoms with E-state index in [2.05, 4.69) is 5.92 Å². The molecule has 1 unspecified atom stereocenters. The quantitative estimate of drug-likeness (QED) is 0.845. The first-order valence-electron chi connectivity index (χ1n) is 6.86. The molecular formula is C17H11FN2O3S. The van der Waals surface area contributed by atoms with Crippen LogP contribution in [0.2, 0.25) is 0 Å². The fourth-order valence-electron chi connectivity index (χ4n) is 2.68. The fourth-order valence-corrected chi connectivity index (χ4v) is 4.36. The molecule has 0 aromatic heterocycles. The minimum absolute atomic E-state index is 0.0809. The van der Waals surface area contributed by atoms with E-state index in [1.165, 1.54) is 18.2 Å². The van der Waals surface area contributed by atoms with Gasteiger partial charge in [0.2, 0.25) is 0 Å². The number of halogens is 1. The Morgan fingerprint density at radius 2 is 2.08 bits per heavy atom. The summed E-state index contributed by atoms with van der Waals surface area (Å²) in [6.07, 6.45) is 5.51. The monoisotopic (exact) mass is 342 g/mol. The Kier molecular flexibility index (Phi) is 3.76. The molecule has 3 rings (SSSR count). The van der Waals surface area contributed by atoms with Crippen LogP contribution in [0.25, 0.3) is 0 Å². The Bertz CT molecular complexity index is 1030. The van der Waals surface area contributed by atoms with E-state index in [9.17, 15) is 12.8 Å². The van der Waals surface area contributed by atoms with E-state index >= 15 is 0 Å². The molecule has 2 N–H and O–H groups in total. The molecule has 24 heavy (non-hydrogen) atoms. The number of fused-ring (bicyclic) bond motifs is 1. The highest BCUT2D eigenvalue weighted by atomic mass is 32.2. The van der Waals surface area contributed by atoms with E-state index in [0.717, 1.165) is 12.1 Å². The van der Waals surface area contributed by atoms with Gasteiger partial charge in [-0.15, -0.1) is 6.42 Å². The molecule has 0 aliphatic carbocycles. The average molecular weight is 342 g/mol. The van der Waals surface area contributed by atoms with Gasteiger partial charge in [0.05, 0.1) is 27.8 Å². The van der Waals surface area contributed by atoms with Crippen LogP contribution in [-0.4, -0.2) is 14.2 Å². The number of hydrogen-bond donors (Lipinski definition) is 1. The van der Waals surface area contributed by atoms with E-state index in [1.807, 2.05) is 6.07 Å². The van der Waals surface area contributed by atoms with Crippen LogP contribution < -0.4 is 10.5 Å². The number of sulfone groups is 1. The third-order valence-electron chi connectivity index (χ3n) is 3.64. The van der Waals surface area contributed by atoms with Gasteiger partial charge in [-0.05, 0) is 24.3 Å². The topological polar surface area (TPSA) is 93.2 Å². The average Bonchev–Trinajstić information content (AvgIpc) is 2.76. The van der Waals surface area contributed by atoms with Crippen molar-refractivity contribution in [3.05, 3.63) is 52.8 Å². The third kappa shape index (κ3) is 2.61. The first-order valence-corrected chi connectivity index (χ1v) is 8.51. The maximum atomic E-state index is 13.5. The summed E-state index contributed by atoms with van der Waals surface area (Å²) < 4.78 is 43.2. The predicted molar refractivity (Wildman–Crippen MR) is 84.5 cm³/mol. The zero-order valence-electron chi connectivity index (χ0n) is 12.3. The number of nitrogens with two attached hydrogens (primary N) is 1. The lowest BCUT2D eigenvalue weighted by Gasteiger charge is -2.13. The van der Waals surface area contributed by atoms with Crippen molar-refractivity contribution >= 4 is 9.84 Å². The maximum Gasteiger partial charge on any atom is 0.180 e. The summed E-state index contributed by atoms with van der Waals surface area (Å²) >= 11 is 0. The summed E-state index contributed by atoms with van der Waals surface area (Å²) in [6, 6.07) is 7.38. The smallest absolute Gasteiger partial charge is 0.180 e. The zero-order valence-corrected chi connectivity index (χ0v) is 13.1. The highest BCUT2D eigenvalue weighted by Gasteiger charge is 2.35. The molecule has 7 heteroatoms. The molecule has 1 aliphatic heterocycles. The van der Waals surface area contributed by atoms with Gasteiger partial charge in [0.1, 0.15) is 17.3 Å². The van der Waals surface area contributed by atoms with Crippen molar-refractivity contribution < 1.29 is 17.5 Å². The summed E-state index contributed by atoms with van der Waals surface area (Å²) in [5.41, 5.74) is 6.53. The molecule has 0 bridgehead atoms. The zero-order chi connectivity index (χ0) is 17.5. The van der Waals surface area contributed by atoms with Gasteiger partial charge in [-0.3, -0.25) is 0 Å². The van der Waals surface area contributed by atoms with E-state index in [1.54, 1.807) is 0 Å². The van der Waals surface area contributed by atoms with Crippen molar-refractivity contribution in [3.8, 4) is 29.9 Å². The molecule has 2 aromatic rings. The second-order valence-corrected chi connectivity index (χ2v) is 7.27. The van der Waals surface area contributed by atoms with Gasteiger partial charge in [0, 0.05) is 17.7 Å². The van der Waals surface area contributed by atoms with E-state index < -0.39 is 21.7 Å². The van der Waals surface area contributed by atoms with Gasteiger partial charge in [0.25, 0.3) is 0 Å². The SMILES string of the molecule is C#Cc1c(Oc2cc(F)cc(C#N)c2)ccc2c1C(N)CS2(=O)=O. The normalized spacial score (nSPS) is 17.6. The fraction of sp³-hybridized carbons (Fsp3) is 0.118. The second kappa shape index (κ2) is 5.64. The number of benzene rings is 2. The van der Waals surface area contributed by atoms with Gasteiger partial charge >= 0.3 is 0 Å². The highest BCUT2D eigenvalue weighted by molar-refractivity contribution is 7.91. The van der Waals surface area contributed by atoms with Crippen LogP contribution in [0.15, 0.2) is 35.2 Å². The van der Waals surface area contributed by atoms with Crippen LogP contribution in [0.1, 0.15) is 22.7 Å². The van der Waals surface area contributed by atoms with Crippen molar-refractivity contribution in [2.24, 2.45) is 5.73 Å². The van der Waals surface area contributed by atoms with Crippen molar-refractivity contribution in [2.45, 2.75) is 10.9 Å². The van der Waals surface area contributed by atoms with Gasteiger partial charge < -0.3 is 10.5 Å². The molecule has 120 valence electrons. The maximum absolute atomic E-state index is 13.5. The van der Waals surface area contributed by atoms with Crippen LogP contribution >= 0.6 is 0 Å². The molecule has 5 nitrogen and oxygen atoms in total. The van der Waals surface area contributed by atoms with Crippen molar-refractivity contribution in [3.63, 3.8) is 0 Å². The molecule has 1 aliphatic rings. The molecule has 0 saturated heterocycles. The van der Waals surface area contributed by atoms with Gasteiger partial charge in [0.15, 0.2) is 9.84 Å². The van der Waals surface area contributed by atoms with Crippen LogP contribution in [0.5, 0.6) is 11.5 Å². The molecular weight excluding hydrogens is 331 g/mol. The van der Waals surface area contributed by atoms with Crippen molar-refractivity contribution in [1.82, 2.24) is 0 Å². The van der Waals surface area contributed by atoms with Gasteiger partial charge in [-0.1, -0.05) is 5.92 Å². The van der Waals surface area contributed by atoms with E-state index in [0.29, 0.717) is 5.56 Å². The molecule has 1 atom stereocenters. The Labute approximate surface area is 138 Å². The standard InChI is InChI=1S/C17H11FN2O3S/c1-2-13-15(23-12-6-10(8-19)5-11(18)7-12)3-4-16-17(13)14(20)9-24(16,21)22/h1,3-7,14H,9,20H2. The first kappa shape index (κ1) is 16.0. The summed E-state index contributed by atoms with van der Waals surface area (Å²) in [4.78, 5) is 0.0901. The Balaban J connectivity index is 2.12. The number of nitrogens with zero attached hydrogens (tertiary/aromatic N) is 1.